The van der Waals surface area contributed by atoms with Gasteiger partial charge in [0.1, 0.15) is 0 Å². The second-order valence-electron chi connectivity index (χ2n) is 7.77. The molecular weight excluding hydrogens is 254 g/mol. The highest BCUT2D eigenvalue weighted by molar-refractivity contribution is 5.91. The molecule has 1 amide bonds. The summed E-state index contributed by atoms with van der Waals surface area (Å²) in [6.07, 6.45) is 5.30. The zero-order chi connectivity index (χ0) is 14.7. The first-order valence-corrected chi connectivity index (χ1v) is 7.80. The predicted octanol–water partition coefficient (Wildman–Crippen LogP) is 2.24. The Morgan fingerprint density at radius 1 is 1.20 bits per heavy atom. The topological polar surface area (TPSA) is 57.6 Å². The van der Waals surface area contributed by atoms with Crippen molar-refractivity contribution in [1.29, 1.82) is 0 Å². The van der Waals surface area contributed by atoms with Gasteiger partial charge in [0.2, 0.25) is 5.91 Å². The molecule has 0 aromatic heterocycles. The van der Waals surface area contributed by atoms with Crippen LogP contribution in [0.15, 0.2) is 0 Å². The van der Waals surface area contributed by atoms with Gasteiger partial charge in [-0.25, -0.2) is 0 Å². The summed E-state index contributed by atoms with van der Waals surface area (Å²) >= 11 is 0. The fourth-order valence-corrected chi connectivity index (χ4v) is 4.84. The molecule has 0 saturated heterocycles. The van der Waals surface area contributed by atoms with Crippen LogP contribution in [-0.2, 0) is 9.59 Å². The van der Waals surface area contributed by atoms with Crippen molar-refractivity contribution >= 4 is 11.9 Å². The normalized spacial score (nSPS) is 40.6. The largest absolute Gasteiger partial charge is 0.481 e. The van der Waals surface area contributed by atoms with E-state index in [0.29, 0.717) is 5.92 Å². The van der Waals surface area contributed by atoms with E-state index in [0.717, 1.165) is 18.4 Å². The molecule has 3 aliphatic carbocycles. The number of carboxylic acid groups (broad SMARTS) is 1. The number of nitrogens with zero attached hydrogens (tertiary/aromatic N) is 1. The highest BCUT2D eigenvalue weighted by Crippen LogP contribution is 2.59. The first-order valence-electron chi connectivity index (χ1n) is 7.80. The summed E-state index contributed by atoms with van der Waals surface area (Å²) in [5, 5.41) is 9.19. The molecule has 1 N–H and O–H groups in total. The maximum Gasteiger partial charge on any atom is 0.307 e. The number of carboxylic acids is 1. The maximum absolute atomic E-state index is 12.5. The minimum Gasteiger partial charge on any atom is -0.481 e. The Balaban J connectivity index is 1.59. The van der Waals surface area contributed by atoms with E-state index in [4.69, 9.17) is 0 Å². The van der Waals surface area contributed by atoms with E-state index in [1.54, 1.807) is 4.90 Å². The Labute approximate surface area is 120 Å². The van der Waals surface area contributed by atoms with E-state index in [1.807, 2.05) is 20.9 Å². The lowest BCUT2D eigenvalue weighted by Crippen LogP contribution is -2.35. The summed E-state index contributed by atoms with van der Waals surface area (Å²) in [6.45, 7) is 4.60. The van der Waals surface area contributed by atoms with E-state index in [-0.39, 0.29) is 17.2 Å². The van der Waals surface area contributed by atoms with Crippen LogP contribution >= 0.6 is 0 Å². The van der Waals surface area contributed by atoms with E-state index < -0.39 is 11.9 Å². The molecule has 0 aromatic rings. The third kappa shape index (κ3) is 2.04. The van der Waals surface area contributed by atoms with Crippen LogP contribution < -0.4 is 0 Å². The van der Waals surface area contributed by atoms with Gasteiger partial charge in [0.25, 0.3) is 0 Å². The predicted molar refractivity (Wildman–Crippen MR) is 75.0 cm³/mol. The summed E-state index contributed by atoms with van der Waals surface area (Å²) < 4.78 is 0. The van der Waals surface area contributed by atoms with Crippen molar-refractivity contribution in [3.63, 3.8) is 0 Å². The second-order valence-corrected chi connectivity index (χ2v) is 7.77. The molecular formula is C16H25NO3. The summed E-state index contributed by atoms with van der Waals surface area (Å²) in [4.78, 5) is 25.5. The van der Waals surface area contributed by atoms with Crippen molar-refractivity contribution in [1.82, 2.24) is 4.90 Å². The van der Waals surface area contributed by atoms with Crippen LogP contribution in [0, 0.1) is 35.0 Å². The van der Waals surface area contributed by atoms with Crippen molar-refractivity contribution in [2.45, 2.75) is 39.5 Å². The van der Waals surface area contributed by atoms with Gasteiger partial charge in [0, 0.05) is 13.6 Å². The van der Waals surface area contributed by atoms with Crippen LogP contribution in [-0.4, -0.2) is 35.5 Å². The summed E-state index contributed by atoms with van der Waals surface area (Å²) in [6, 6.07) is 0. The highest BCUT2D eigenvalue weighted by atomic mass is 16.4. The number of hydrogen-bond acceptors (Lipinski definition) is 2. The fraction of sp³-hybridized carbons (Fsp3) is 0.875. The van der Waals surface area contributed by atoms with Gasteiger partial charge >= 0.3 is 5.97 Å². The van der Waals surface area contributed by atoms with Gasteiger partial charge in [-0.15, -0.1) is 0 Å². The third-order valence-corrected chi connectivity index (χ3v) is 6.13. The molecule has 5 unspecified atom stereocenters. The molecule has 5 atom stereocenters. The lowest BCUT2D eigenvalue weighted by Gasteiger charge is -2.27. The second kappa shape index (κ2) is 4.47. The molecule has 2 bridgehead atoms. The Morgan fingerprint density at radius 3 is 2.35 bits per heavy atom. The lowest BCUT2D eigenvalue weighted by atomic mass is 9.88. The molecule has 4 heteroatoms. The van der Waals surface area contributed by atoms with Gasteiger partial charge in [-0.05, 0) is 42.4 Å². The monoisotopic (exact) mass is 279 g/mol. The summed E-state index contributed by atoms with van der Waals surface area (Å²) in [7, 11) is 1.85. The minimum absolute atomic E-state index is 0.0326. The Morgan fingerprint density at radius 2 is 1.90 bits per heavy atom. The summed E-state index contributed by atoms with van der Waals surface area (Å²) in [5.41, 5.74) is -0.383. The molecule has 0 aromatic carbocycles. The van der Waals surface area contributed by atoms with E-state index in [9.17, 15) is 14.7 Å². The number of aliphatic carboxylic acids is 1. The molecule has 3 aliphatic rings. The van der Waals surface area contributed by atoms with Crippen LogP contribution in [0.2, 0.25) is 0 Å². The standard InChI is InChI=1S/C16H25NO3/c1-16(2)12(13(16)15(19)20)14(18)17(3)8-11-7-9-4-5-10(11)6-9/h9-13H,4-8H2,1-3H3,(H,19,20). The van der Waals surface area contributed by atoms with Crippen molar-refractivity contribution in [2.75, 3.05) is 13.6 Å². The quantitative estimate of drug-likeness (QED) is 0.858. The van der Waals surface area contributed by atoms with E-state index in [2.05, 4.69) is 0 Å². The highest BCUT2D eigenvalue weighted by Gasteiger charge is 2.66. The van der Waals surface area contributed by atoms with Crippen LogP contribution in [0.25, 0.3) is 0 Å². The molecule has 0 radical (unpaired) electrons. The number of carbonyl (C=O) groups is 2. The first kappa shape index (κ1) is 13.9. The number of rotatable bonds is 4. The van der Waals surface area contributed by atoms with E-state index >= 15 is 0 Å². The molecule has 0 heterocycles. The molecule has 3 rings (SSSR count). The minimum atomic E-state index is -0.832. The zero-order valence-electron chi connectivity index (χ0n) is 12.6. The molecule has 4 nitrogen and oxygen atoms in total. The van der Waals surface area contributed by atoms with Crippen LogP contribution in [0.1, 0.15) is 39.5 Å². The van der Waals surface area contributed by atoms with Crippen molar-refractivity contribution in [3.05, 3.63) is 0 Å². The van der Waals surface area contributed by atoms with Gasteiger partial charge in [0.15, 0.2) is 0 Å². The molecule has 0 spiro atoms. The van der Waals surface area contributed by atoms with Crippen molar-refractivity contribution in [3.8, 4) is 0 Å². The lowest BCUT2D eigenvalue weighted by molar-refractivity contribution is -0.141. The SMILES string of the molecule is CN(CC1CC2CCC1C2)C(=O)C1C(C(=O)O)C1(C)C. The third-order valence-electron chi connectivity index (χ3n) is 6.13. The number of amides is 1. The number of hydrogen-bond donors (Lipinski definition) is 1. The van der Waals surface area contributed by atoms with E-state index in [1.165, 1.54) is 25.7 Å². The van der Waals surface area contributed by atoms with Crippen LogP contribution in [0.4, 0.5) is 0 Å². The molecule has 20 heavy (non-hydrogen) atoms. The van der Waals surface area contributed by atoms with Gasteiger partial charge < -0.3 is 10.0 Å². The number of carbonyl (C=O) groups excluding carboxylic acids is 1. The fourth-order valence-electron chi connectivity index (χ4n) is 4.84. The zero-order valence-corrected chi connectivity index (χ0v) is 12.6. The average molecular weight is 279 g/mol. The number of fused-ring (bicyclic) bond motifs is 2. The molecule has 3 saturated carbocycles. The van der Waals surface area contributed by atoms with Crippen LogP contribution in [0.5, 0.6) is 0 Å². The van der Waals surface area contributed by atoms with Crippen molar-refractivity contribution < 1.29 is 14.7 Å². The van der Waals surface area contributed by atoms with Gasteiger partial charge in [-0.1, -0.05) is 20.3 Å². The Hall–Kier alpha value is -1.06. The molecule has 0 aliphatic heterocycles. The molecule has 112 valence electrons. The Bertz CT molecular complexity index is 445. The van der Waals surface area contributed by atoms with Crippen LogP contribution in [0.3, 0.4) is 0 Å². The van der Waals surface area contributed by atoms with Gasteiger partial charge in [-0.3, -0.25) is 9.59 Å². The van der Waals surface area contributed by atoms with Gasteiger partial charge in [0.05, 0.1) is 11.8 Å². The summed E-state index contributed by atoms with van der Waals surface area (Å²) in [5.74, 6) is 0.705. The van der Waals surface area contributed by atoms with Crippen molar-refractivity contribution in [2.24, 2.45) is 35.0 Å². The maximum atomic E-state index is 12.5. The smallest absolute Gasteiger partial charge is 0.307 e. The average Bonchev–Trinajstić information content (AvgIpc) is 2.72. The molecule has 3 fully saturated rings. The Kier molecular flexibility index (Phi) is 3.11. The van der Waals surface area contributed by atoms with Gasteiger partial charge in [-0.2, -0.15) is 0 Å². The first-order chi connectivity index (χ1) is 9.32.